The average Bonchev–Trinajstić information content (AvgIpc) is 2.96. The molecule has 1 aliphatic heterocycles. The van der Waals surface area contributed by atoms with E-state index in [1.54, 1.807) is 24.5 Å². The van der Waals surface area contributed by atoms with Crippen LogP contribution in [0.4, 0.5) is 0 Å². The van der Waals surface area contributed by atoms with Crippen LogP contribution in [0.2, 0.25) is 0 Å². The highest BCUT2D eigenvalue weighted by molar-refractivity contribution is 5.96. The molecule has 1 aromatic heterocycles. The SMILES string of the molecule is CCCC(CCC)C(=O)OCC1(CO)C/C(=C\c2cccnc2)C(=O)O1. The van der Waals surface area contributed by atoms with Gasteiger partial charge in [0, 0.05) is 24.4 Å². The van der Waals surface area contributed by atoms with Crippen molar-refractivity contribution < 1.29 is 24.2 Å². The normalized spacial score (nSPS) is 21.2. The molecule has 26 heavy (non-hydrogen) atoms. The summed E-state index contributed by atoms with van der Waals surface area (Å²) in [6.45, 7) is 3.52. The first-order valence-electron chi connectivity index (χ1n) is 9.15. The molecule has 0 saturated carbocycles. The monoisotopic (exact) mass is 361 g/mol. The predicted molar refractivity (Wildman–Crippen MR) is 97.0 cm³/mol. The van der Waals surface area contributed by atoms with Gasteiger partial charge in [0.05, 0.1) is 12.5 Å². The highest BCUT2D eigenvalue weighted by Gasteiger charge is 2.44. The number of carbonyl (C=O) groups is 2. The van der Waals surface area contributed by atoms with Gasteiger partial charge in [0.2, 0.25) is 0 Å². The van der Waals surface area contributed by atoms with Gasteiger partial charge in [-0.05, 0) is 30.5 Å². The van der Waals surface area contributed by atoms with E-state index in [0.29, 0.717) is 5.57 Å². The van der Waals surface area contributed by atoms with Gasteiger partial charge >= 0.3 is 11.9 Å². The lowest BCUT2D eigenvalue weighted by Gasteiger charge is -2.25. The van der Waals surface area contributed by atoms with Gasteiger partial charge in [-0.2, -0.15) is 0 Å². The third-order valence-corrected chi connectivity index (χ3v) is 4.48. The molecule has 6 nitrogen and oxygen atoms in total. The Morgan fingerprint density at radius 3 is 2.73 bits per heavy atom. The molecular formula is C20H27NO5. The number of hydrogen-bond donors (Lipinski definition) is 1. The van der Waals surface area contributed by atoms with Crippen LogP contribution in [0, 0.1) is 5.92 Å². The molecule has 1 aromatic rings. The first-order valence-corrected chi connectivity index (χ1v) is 9.15. The van der Waals surface area contributed by atoms with E-state index in [4.69, 9.17) is 9.47 Å². The van der Waals surface area contributed by atoms with Crippen LogP contribution in [-0.4, -0.2) is 40.8 Å². The summed E-state index contributed by atoms with van der Waals surface area (Å²) < 4.78 is 10.8. The lowest BCUT2D eigenvalue weighted by molar-refractivity contribution is -0.169. The number of nitrogens with zero attached hydrogens (tertiary/aromatic N) is 1. The summed E-state index contributed by atoms with van der Waals surface area (Å²) in [5, 5.41) is 9.77. The lowest BCUT2D eigenvalue weighted by Crippen LogP contribution is -2.40. The fourth-order valence-corrected chi connectivity index (χ4v) is 3.10. The standard InChI is InChI=1S/C20H27NO5/c1-3-6-16(7-4-2)18(23)25-14-20(13-22)11-17(19(24)26-20)10-15-8-5-9-21-12-15/h5,8-10,12,16,22H,3-4,6-7,11,13-14H2,1-2H3/b17-10+. The molecule has 0 bridgehead atoms. The first-order chi connectivity index (χ1) is 12.5. The van der Waals surface area contributed by atoms with Crippen LogP contribution in [0.5, 0.6) is 0 Å². The summed E-state index contributed by atoms with van der Waals surface area (Å²) in [5.74, 6) is -0.942. The molecule has 0 radical (unpaired) electrons. The van der Waals surface area contributed by atoms with Crippen molar-refractivity contribution in [3.8, 4) is 0 Å². The van der Waals surface area contributed by atoms with Crippen LogP contribution in [0.3, 0.4) is 0 Å². The molecule has 1 saturated heterocycles. The van der Waals surface area contributed by atoms with E-state index in [9.17, 15) is 14.7 Å². The number of rotatable bonds is 9. The fraction of sp³-hybridized carbons (Fsp3) is 0.550. The van der Waals surface area contributed by atoms with Crippen LogP contribution < -0.4 is 0 Å². The molecule has 2 rings (SSSR count). The lowest BCUT2D eigenvalue weighted by atomic mass is 9.97. The maximum Gasteiger partial charge on any atom is 0.334 e. The van der Waals surface area contributed by atoms with E-state index in [-0.39, 0.29) is 24.9 Å². The van der Waals surface area contributed by atoms with Gasteiger partial charge < -0.3 is 14.6 Å². The maximum atomic E-state index is 12.3. The molecule has 1 fully saturated rings. The largest absolute Gasteiger partial charge is 0.461 e. The zero-order chi connectivity index (χ0) is 19.0. The van der Waals surface area contributed by atoms with Crippen LogP contribution in [0.25, 0.3) is 6.08 Å². The van der Waals surface area contributed by atoms with E-state index in [0.717, 1.165) is 31.2 Å². The molecule has 0 spiro atoms. The molecule has 0 aromatic carbocycles. The number of aromatic nitrogens is 1. The number of ether oxygens (including phenoxy) is 2. The summed E-state index contributed by atoms with van der Waals surface area (Å²) in [7, 11) is 0. The summed E-state index contributed by atoms with van der Waals surface area (Å²) in [4.78, 5) is 28.5. The molecule has 1 atom stereocenters. The summed E-state index contributed by atoms with van der Waals surface area (Å²) >= 11 is 0. The smallest absolute Gasteiger partial charge is 0.334 e. The molecule has 6 heteroatoms. The van der Waals surface area contributed by atoms with Crippen LogP contribution in [0.1, 0.15) is 51.5 Å². The maximum absolute atomic E-state index is 12.3. The summed E-state index contributed by atoms with van der Waals surface area (Å²) in [5.41, 5.74) is 0.00180. The van der Waals surface area contributed by atoms with Crippen molar-refractivity contribution in [2.24, 2.45) is 5.92 Å². The number of pyridine rings is 1. The van der Waals surface area contributed by atoms with E-state index < -0.39 is 18.2 Å². The molecule has 1 aliphatic rings. The van der Waals surface area contributed by atoms with E-state index in [1.807, 2.05) is 19.9 Å². The average molecular weight is 361 g/mol. The first kappa shape index (κ1) is 20.1. The Kier molecular flexibility index (Phi) is 7.33. The van der Waals surface area contributed by atoms with Crippen LogP contribution in [-0.2, 0) is 19.1 Å². The zero-order valence-corrected chi connectivity index (χ0v) is 15.4. The number of hydrogen-bond acceptors (Lipinski definition) is 6. The molecule has 1 unspecified atom stereocenters. The van der Waals surface area contributed by atoms with Gasteiger partial charge in [0.25, 0.3) is 0 Å². The van der Waals surface area contributed by atoms with E-state index >= 15 is 0 Å². The second kappa shape index (κ2) is 9.48. The van der Waals surface area contributed by atoms with Gasteiger partial charge in [-0.1, -0.05) is 32.8 Å². The predicted octanol–water partition coefficient (Wildman–Crippen LogP) is 2.90. The van der Waals surface area contributed by atoms with Crippen molar-refractivity contribution in [2.75, 3.05) is 13.2 Å². The third kappa shape index (κ3) is 5.14. The Balaban J connectivity index is 2.04. The van der Waals surface area contributed by atoms with E-state index in [1.165, 1.54) is 0 Å². The number of aliphatic hydroxyl groups is 1. The molecular weight excluding hydrogens is 334 g/mol. The Morgan fingerprint density at radius 1 is 1.42 bits per heavy atom. The van der Waals surface area contributed by atoms with Gasteiger partial charge in [-0.3, -0.25) is 9.78 Å². The van der Waals surface area contributed by atoms with Gasteiger partial charge in [-0.15, -0.1) is 0 Å². The third-order valence-electron chi connectivity index (χ3n) is 4.48. The van der Waals surface area contributed by atoms with Crippen LogP contribution >= 0.6 is 0 Å². The van der Waals surface area contributed by atoms with Crippen molar-refractivity contribution >= 4 is 18.0 Å². The molecule has 0 amide bonds. The van der Waals surface area contributed by atoms with Gasteiger partial charge in [-0.25, -0.2) is 4.79 Å². The molecule has 142 valence electrons. The Hall–Kier alpha value is -2.21. The van der Waals surface area contributed by atoms with Crippen molar-refractivity contribution in [3.63, 3.8) is 0 Å². The van der Waals surface area contributed by atoms with Crippen molar-refractivity contribution in [1.29, 1.82) is 0 Å². The number of carbonyl (C=O) groups excluding carboxylic acids is 2. The highest BCUT2D eigenvalue weighted by atomic mass is 16.6. The van der Waals surface area contributed by atoms with Crippen LogP contribution in [0.15, 0.2) is 30.1 Å². The minimum absolute atomic E-state index is 0.137. The Labute approximate surface area is 154 Å². The fourth-order valence-electron chi connectivity index (χ4n) is 3.10. The second-order valence-corrected chi connectivity index (χ2v) is 6.75. The minimum Gasteiger partial charge on any atom is -0.461 e. The van der Waals surface area contributed by atoms with Crippen molar-refractivity contribution in [2.45, 2.75) is 51.6 Å². The quantitative estimate of drug-likeness (QED) is 0.538. The molecule has 1 N–H and O–H groups in total. The number of aliphatic hydroxyl groups excluding tert-OH is 1. The second-order valence-electron chi connectivity index (χ2n) is 6.75. The van der Waals surface area contributed by atoms with Crippen molar-refractivity contribution in [1.82, 2.24) is 4.98 Å². The van der Waals surface area contributed by atoms with Gasteiger partial charge in [0.15, 0.2) is 5.60 Å². The zero-order valence-electron chi connectivity index (χ0n) is 15.4. The summed E-state index contributed by atoms with van der Waals surface area (Å²) in [6.07, 6.45) is 8.50. The van der Waals surface area contributed by atoms with Crippen molar-refractivity contribution in [3.05, 3.63) is 35.7 Å². The Bertz CT molecular complexity index is 637. The number of esters is 2. The molecule has 2 heterocycles. The topological polar surface area (TPSA) is 85.7 Å². The molecule has 0 aliphatic carbocycles. The highest BCUT2D eigenvalue weighted by Crippen LogP contribution is 2.32. The summed E-state index contributed by atoms with van der Waals surface area (Å²) in [6, 6.07) is 3.60. The van der Waals surface area contributed by atoms with Gasteiger partial charge in [0.1, 0.15) is 6.61 Å². The van der Waals surface area contributed by atoms with E-state index in [2.05, 4.69) is 4.98 Å². The Morgan fingerprint density at radius 2 is 2.15 bits per heavy atom. The minimum atomic E-state index is -1.20. The number of cyclic esters (lactones) is 1.